The Labute approximate surface area is 177 Å². The molecule has 0 unspecified atom stereocenters. The lowest BCUT2D eigenvalue weighted by Crippen LogP contribution is -2.12. The molecule has 0 fully saturated rings. The molecule has 1 amide bonds. The quantitative estimate of drug-likeness (QED) is 0.457. The molecule has 0 bridgehead atoms. The molecule has 3 aromatic carbocycles. The molecular weight excluding hydrogens is 378 g/mol. The van der Waals surface area contributed by atoms with Gasteiger partial charge < -0.3 is 19.5 Å². The standard InChI is InChI=1S/C25H27NO4/c1-2-28-17-18-30-23-13-11-21(12-14-23)25(27)26-22-9-6-10-24(19-22)29-16-15-20-7-4-3-5-8-20/h3-14,19H,2,15-18H2,1H3,(H,26,27). The molecule has 0 aliphatic heterocycles. The van der Waals surface area contributed by atoms with Crippen molar-refractivity contribution in [2.45, 2.75) is 13.3 Å². The molecule has 0 saturated heterocycles. The van der Waals surface area contributed by atoms with Crippen molar-refractivity contribution < 1.29 is 19.0 Å². The molecule has 0 aromatic heterocycles. The Kier molecular flexibility index (Phi) is 8.30. The normalized spacial score (nSPS) is 10.4. The molecule has 0 aliphatic carbocycles. The molecule has 3 aromatic rings. The Morgan fingerprint density at radius 2 is 1.57 bits per heavy atom. The van der Waals surface area contributed by atoms with Crippen molar-refractivity contribution in [3.05, 3.63) is 90.0 Å². The molecule has 0 atom stereocenters. The highest BCUT2D eigenvalue weighted by atomic mass is 16.5. The number of rotatable bonds is 11. The fourth-order valence-electron chi connectivity index (χ4n) is 2.86. The van der Waals surface area contributed by atoms with Gasteiger partial charge in [0.1, 0.15) is 18.1 Å². The number of nitrogens with one attached hydrogen (secondary N) is 1. The first-order chi connectivity index (χ1) is 14.7. The maximum Gasteiger partial charge on any atom is 0.255 e. The van der Waals surface area contributed by atoms with Crippen molar-refractivity contribution in [3.63, 3.8) is 0 Å². The topological polar surface area (TPSA) is 56.8 Å². The summed E-state index contributed by atoms with van der Waals surface area (Å²) in [6.45, 7) is 4.22. The van der Waals surface area contributed by atoms with Gasteiger partial charge in [0.2, 0.25) is 0 Å². The number of benzene rings is 3. The Bertz CT molecular complexity index is 910. The highest BCUT2D eigenvalue weighted by Gasteiger charge is 2.07. The van der Waals surface area contributed by atoms with Crippen molar-refractivity contribution in [1.29, 1.82) is 0 Å². The van der Waals surface area contributed by atoms with Gasteiger partial charge in [0.15, 0.2) is 0 Å². The van der Waals surface area contributed by atoms with Crippen LogP contribution in [-0.2, 0) is 11.2 Å². The number of carbonyl (C=O) groups is 1. The highest BCUT2D eigenvalue weighted by molar-refractivity contribution is 6.04. The van der Waals surface area contributed by atoms with Gasteiger partial charge in [-0.15, -0.1) is 0 Å². The van der Waals surface area contributed by atoms with Gasteiger partial charge in [-0.2, -0.15) is 0 Å². The minimum absolute atomic E-state index is 0.183. The van der Waals surface area contributed by atoms with Gasteiger partial charge in [0, 0.05) is 30.3 Å². The van der Waals surface area contributed by atoms with E-state index in [0.29, 0.717) is 43.4 Å². The monoisotopic (exact) mass is 405 g/mol. The molecule has 5 heteroatoms. The molecule has 3 rings (SSSR count). The summed E-state index contributed by atoms with van der Waals surface area (Å²) in [7, 11) is 0. The van der Waals surface area contributed by atoms with Crippen molar-refractivity contribution >= 4 is 11.6 Å². The molecule has 5 nitrogen and oxygen atoms in total. The lowest BCUT2D eigenvalue weighted by atomic mass is 10.2. The third-order valence-electron chi connectivity index (χ3n) is 4.41. The lowest BCUT2D eigenvalue weighted by Gasteiger charge is -2.10. The van der Waals surface area contributed by atoms with E-state index in [0.717, 1.165) is 12.2 Å². The van der Waals surface area contributed by atoms with Crippen LogP contribution < -0.4 is 14.8 Å². The third-order valence-corrected chi connectivity index (χ3v) is 4.41. The first-order valence-corrected chi connectivity index (χ1v) is 10.1. The van der Waals surface area contributed by atoms with Gasteiger partial charge in [-0.25, -0.2) is 0 Å². The fourth-order valence-corrected chi connectivity index (χ4v) is 2.86. The predicted molar refractivity (Wildman–Crippen MR) is 118 cm³/mol. The van der Waals surface area contributed by atoms with Crippen LogP contribution in [0.5, 0.6) is 11.5 Å². The highest BCUT2D eigenvalue weighted by Crippen LogP contribution is 2.19. The van der Waals surface area contributed by atoms with Crippen molar-refractivity contribution in [1.82, 2.24) is 0 Å². The van der Waals surface area contributed by atoms with E-state index < -0.39 is 0 Å². The number of hydrogen-bond donors (Lipinski definition) is 1. The van der Waals surface area contributed by atoms with Gasteiger partial charge >= 0.3 is 0 Å². The number of hydrogen-bond acceptors (Lipinski definition) is 4. The van der Waals surface area contributed by atoms with Crippen LogP contribution >= 0.6 is 0 Å². The Morgan fingerprint density at radius 3 is 2.33 bits per heavy atom. The van der Waals surface area contributed by atoms with Crippen molar-refractivity contribution in [3.8, 4) is 11.5 Å². The first kappa shape index (κ1) is 21.4. The summed E-state index contributed by atoms with van der Waals surface area (Å²) < 4.78 is 16.6. The zero-order chi connectivity index (χ0) is 21.0. The van der Waals surface area contributed by atoms with Gasteiger partial charge in [-0.1, -0.05) is 36.4 Å². The molecule has 0 aliphatic rings. The van der Waals surface area contributed by atoms with E-state index in [2.05, 4.69) is 17.4 Å². The van der Waals surface area contributed by atoms with E-state index in [1.807, 2.05) is 49.4 Å². The summed E-state index contributed by atoms with van der Waals surface area (Å²) in [5, 5.41) is 2.91. The fraction of sp³-hybridized carbons (Fsp3) is 0.240. The molecule has 30 heavy (non-hydrogen) atoms. The second-order valence-electron chi connectivity index (χ2n) is 6.64. The van der Waals surface area contributed by atoms with E-state index >= 15 is 0 Å². The summed E-state index contributed by atoms with van der Waals surface area (Å²) in [5.74, 6) is 1.25. The molecule has 0 heterocycles. The van der Waals surface area contributed by atoms with Crippen LogP contribution in [0.3, 0.4) is 0 Å². The van der Waals surface area contributed by atoms with Crippen LogP contribution in [0, 0.1) is 0 Å². The van der Waals surface area contributed by atoms with Crippen LogP contribution in [-0.4, -0.2) is 32.3 Å². The van der Waals surface area contributed by atoms with Crippen LogP contribution in [0.15, 0.2) is 78.9 Å². The minimum Gasteiger partial charge on any atom is -0.493 e. The van der Waals surface area contributed by atoms with Crippen LogP contribution in [0.25, 0.3) is 0 Å². The van der Waals surface area contributed by atoms with E-state index in [1.165, 1.54) is 5.56 Å². The van der Waals surface area contributed by atoms with Gasteiger partial charge in [-0.3, -0.25) is 4.79 Å². The molecule has 0 spiro atoms. The smallest absolute Gasteiger partial charge is 0.255 e. The first-order valence-electron chi connectivity index (χ1n) is 10.1. The largest absolute Gasteiger partial charge is 0.493 e. The van der Waals surface area contributed by atoms with Crippen LogP contribution in [0.4, 0.5) is 5.69 Å². The maximum atomic E-state index is 12.5. The van der Waals surface area contributed by atoms with E-state index in [9.17, 15) is 4.79 Å². The van der Waals surface area contributed by atoms with Gasteiger partial charge in [0.05, 0.1) is 13.2 Å². The number of ether oxygens (including phenoxy) is 3. The molecule has 0 saturated carbocycles. The molecule has 1 N–H and O–H groups in total. The van der Waals surface area contributed by atoms with Crippen molar-refractivity contribution in [2.75, 3.05) is 31.7 Å². The Balaban J connectivity index is 1.49. The van der Waals surface area contributed by atoms with Crippen LogP contribution in [0.1, 0.15) is 22.8 Å². The van der Waals surface area contributed by atoms with E-state index in [-0.39, 0.29) is 5.91 Å². The second kappa shape index (κ2) is 11.6. The second-order valence-corrected chi connectivity index (χ2v) is 6.64. The summed E-state index contributed by atoms with van der Waals surface area (Å²) >= 11 is 0. The summed E-state index contributed by atoms with van der Waals surface area (Å²) in [5.41, 5.74) is 2.48. The lowest BCUT2D eigenvalue weighted by molar-refractivity contribution is 0.102. The summed E-state index contributed by atoms with van der Waals surface area (Å²) in [4.78, 5) is 12.5. The average Bonchev–Trinajstić information content (AvgIpc) is 2.78. The Hall–Kier alpha value is -3.31. The Morgan fingerprint density at radius 1 is 0.800 bits per heavy atom. The summed E-state index contributed by atoms with van der Waals surface area (Å²) in [6.07, 6.45) is 0.830. The molecule has 0 radical (unpaired) electrons. The van der Waals surface area contributed by atoms with E-state index in [1.54, 1.807) is 24.3 Å². The van der Waals surface area contributed by atoms with Gasteiger partial charge in [-0.05, 0) is 48.9 Å². The number of anilines is 1. The van der Waals surface area contributed by atoms with Crippen molar-refractivity contribution in [2.24, 2.45) is 0 Å². The zero-order valence-electron chi connectivity index (χ0n) is 17.2. The maximum absolute atomic E-state index is 12.5. The average molecular weight is 405 g/mol. The predicted octanol–water partition coefficient (Wildman–Crippen LogP) is 4.98. The van der Waals surface area contributed by atoms with Crippen LogP contribution in [0.2, 0.25) is 0 Å². The SMILES string of the molecule is CCOCCOc1ccc(C(=O)Nc2cccc(OCCc3ccccc3)c2)cc1. The third kappa shape index (κ3) is 6.94. The minimum atomic E-state index is -0.183. The van der Waals surface area contributed by atoms with Gasteiger partial charge in [0.25, 0.3) is 5.91 Å². The summed E-state index contributed by atoms with van der Waals surface area (Å²) in [6, 6.07) is 24.7. The molecular formula is C25H27NO4. The van der Waals surface area contributed by atoms with E-state index in [4.69, 9.17) is 14.2 Å². The number of amides is 1. The number of carbonyl (C=O) groups excluding carboxylic acids is 1. The molecule has 156 valence electrons. The zero-order valence-corrected chi connectivity index (χ0v) is 17.2.